The van der Waals surface area contributed by atoms with Crippen LogP contribution in [0.1, 0.15) is 25.7 Å². The van der Waals surface area contributed by atoms with Crippen molar-refractivity contribution >= 4 is 27.9 Å². The number of rotatable bonds is 1. The van der Waals surface area contributed by atoms with E-state index in [0.29, 0.717) is 5.25 Å². The van der Waals surface area contributed by atoms with Crippen molar-refractivity contribution in [1.29, 1.82) is 0 Å². The third kappa shape index (κ3) is 2.59. The molecule has 1 rings (SSSR count). The molecule has 0 radical (unpaired) electrons. The van der Waals surface area contributed by atoms with Crippen LogP contribution in [0.25, 0.3) is 0 Å². The molecule has 0 bridgehead atoms. The minimum atomic E-state index is -0.248. The van der Waals surface area contributed by atoms with Gasteiger partial charge in [-0.15, -0.1) is 0 Å². The van der Waals surface area contributed by atoms with E-state index in [4.69, 9.17) is 11.6 Å². The Morgan fingerprint density at radius 2 is 2.00 bits per heavy atom. The van der Waals surface area contributed by atoms with E-state index in [1.807, 2.05) is 0 Å². The summed E-state index contributed by atoms with van der Waals surface area (Å²) in [5.41, 5.74) is 0. The highest BCUT2D eigenvalue weighted by molar-refractivity contribution is 8.17. The first-order valence-corrected chi connectivity index (χ1v) is 4.41. The lowest BCUT2D eigenvalue weighted by molar-refractivity contribution is 0.275. The van der Waals surface area contributed by atoms with Crippen molar-refractivity contribution in [2.45, 2.75) is 30.9 Å². The van der Waals surface area contributed by atoms with Crippen LogP contribution in [0, 0.1) is 0 Å². The van der Waals surface area contributed by atoms with Crippen molar-refractivity contribution in [2.75, 3.05) is 0 Å². The first kappa shape index (κ1) is 7.42. The van der Waals surface area contributed by atoms with Crippen LogP contribution in [0.2, 0.25) is 0 Å². The van der Waals surface area contributed by atoms with E-state index >= 15 is 0 Å². The minimum Gasteiger partial charge on any atom is -0.268 e. The lowest BCUT2D eigenvalue weighted by Gasteiger charge is -2.00. The highest BCUT2D eigenvalue weighted by atomic mass is 35.5. The molecule has 3 heteroatoms. The zero-order valence-electron chi connectivity index (χ0n) is 5.10. The van der Waals surface area contributed by atoms with Crippen molar-refractivity contribution < 1.29 is 4.79 Å². The van der Waals surface area contributed by atoms with Gasteiger partial charge < -0.3 is 0 Å². The second-order valence-corrected chi connectivity index (χ2v) is 4.10. The Labute approximate surface area is 64.1 Å². The predicted octanol–water partition coefficient (Wildman–Crippen LogP) is 3.02. The topological polar surface area (TPSA) is 17.1 Å². The molecule has 0 saturated heterocycles. The Balaban J connectivity index is 2.19. The lowest BCUT2D eigenvalue weighted by atomic mass is 10.4. The Hall–Kier alpha value is 0.310. The maximum atomic E-state index is 10.3. The van der Waals surface area contributed by atoms with Crippen LogP contribution in [-0.2, 0) is 0 Å². The zero-order valence-corrected chi connectivity index (χ0v) is 6.67. The largest absolute Gasteiger partial charge is 0.279 e. The fourth-order valence-electron chi connectivity index (χ4n) is 1.14. The zero-order chi connectivity index (χ0) is 6.69. The molecule has 0 spiro atoms. The van der Waals surface area contributed by atoms with Gasteiger partial charge >= 0.3 is 0 Å². The van der Waals surface area contributed by atoms with E-state index in [1.54, 1.807) is 0 Å². The second-order valence-electron chi connectivity index (χ2n) is 2.26. The summed E-state index contributed by atoms with van der Waals surface area (Å²) >= 11 is 6.47. The third-order valence-corrected chi connectivity index (χ3v) is 2.82. The normalized spacial score (nSPS) is 20.6. The molecule has 0 N–H and O–H groups in total. The average molecular weight is 165 g/mol. The summed E-state index contributed by atoms with van der Waals surface area (Å²) in [6, 6.07) is 0. The molecule has 0 heterocycles. The smallest absolute Gasteiger partial charge is 0.268 e. The molecule has 1 fully saturated rings. The van der Waals surface area contributed by atoms with Gasteiger partial charge in [-0.25, -0.2) is 0 Å². The number of hydrogen-bond acceptors (Lipinski definition) is 2. The van der Waals surface area contributed by atoms with Gasteiger partial charge in [0.25, 0.3) is 4.57 Å². The number of thioether (sulfide) groups is 1. The van der Waals surface area contributed by atoms with Crippen molar-refractivity contribution in [3.63, 3.8) is 0 Å². The van der Waals surface area contributed by atoms with Crippen molar-refractivity contribution in [2.24, 2.45) is 0 Å². The Kier molecular flexibility index (Phi) is 2.86. The molecule has 0 amide bonds. The molecule has 1 aliphatic rings. The highest BCUT2D eigenvalue weighted by Gasteiger charge is 2.17. The van der Waals surface area contributed by atoms with Gasteiger partial charge in [-0.2, -0.15) is 0 Å². The molecular formula is C6H9ClOS. The van der Waals surface area contributed by atoms with Crippen molar-refractivity contribution in [3.8, 4) is 0 Å². The van der Waals surface area contributed by atoms with Crippen molar-refractivity contribution in [3.05, 3.63) is 0 Å². The van der Waals surface area contributed by atoms with Gasteiger partial charge in [0.1, 0.15) is 0 Å². The fraction of sp³-hybridized carbons (Fsp3) is 0.833. The third-order valence-electron chi connectivity index (χ3n) is 1.56. The van der Waals surface area contributed by atoms with Gasteiger partial charge in [0.2, 0.25) is 0 Å². The molecule has 1 saturated carbocycles. The molecule has 0 aromatic heterocycles. The van der Waals surface area contributed by atoms with E-state index in [1.165, 1.54) is 37.4 Å². The van der Waals surface area contributed by atoms with Gasteiger partial charge in [0.15, 0.2) is 0 Å². The van der Waals surface area contributed by atoms with Crippen LogP contribution in [0.15, 0.2) is 0 Å². The molecule has 1 aliphatic carbocycles. The molecule has 0 atom stereocenters. The van der Waals surface area contributed by atoms with Gasteiger partial charge in [0, 0.05) is 5.25 Å². The summed E-state index contributed by atoms with van der Waals surface area (Å²) in [5, 5.41) is 0.523. The minimum absolute atomic E-state index is 0.248. The average Bonchev–Trinajstić information content (AvgIpc) is 2.15. The van der Waals surface area contributed by atoms with E-state index in [2.05, 4.69) is 0 Å². The first-order valence-electron chi connectivity index (χ1n) is 3.15. The molecule has 0 aromatic rings. The molecule has 1 nitrogen and oxygen atoms in total. The summed E-state index contributed by atoms with van der Waals surface area (Å²) in [6.07, 6.45) is 4.87. The summed E-state index contributed by atoms with van der Waals surface area (Å²) in [7, 11) is 0. The van der Waals surface area contributed by atoms with Gasteiger partial charge in [-0.05, 0) is 24.4 Å². The Morgan fingerprint density at radius 1 is 1.44 bits per heavy atom. The van der Waals surface area contributed by atoms with Crippen LogP contribution in [0.3, 0.4) is 0 Å². The molecular weight excluding hydrogens is 156 g/mol. The monoisotopic (exact) mass is 164 g/mol. The first-order chi connectivity index (χ1) is 4.29. The predicted molar refractivity (Wildman–Crippen MR) is 41.1 cm³/mol. The Bertz CT molecular complexity index is 110. The molecule has 0 unspecified atom stereocenters. The maximum Gasteiger partial charge on any atom is 0.279 e. The molecule has 52 valence electrons. The van der Waals surface area contributed by atoms with Crippen LogP contribution < -0.4 is 0 Å². The maximum absolute atomic E-state index is 10.3. The Morgan fingerprint density at radius 3 is 2.44 bits per heavy atom. The number of halogens is 1. The molecule has 0 aliphatic heterocycles. The van der Waals surface area contributed by atoms with Crippen LogP contribution in [0.4, 0.5) is 4.79 Å². The lowest BCUT2D eigenvalue weighted by Crippen LogP contribution is -1.94. The van der Waals surface area contributed by atoms with E-state index in [-0.39, 0.29) is 4.57 Å². The number of carbonyl (C=O) groups excluding carboxylic acids is 1. The summed E-state index contributed by atoms with van der Waals surface area (Å²) < 4.78 is -0.248. The summed E-state index contributed by atoms with van der Waals surface area (Å²) in [6.45, 7) is 0. The van der Waals surface area contributed by atoms with E-state index in [9.17, 15) is 4.79 Å². The quantitative estimate of drug-likeness (QED) is 0.555. The van der Waals surface area contributed by atoms with Gasteiger partial charge in [0.05, 0.1) is 0 Å². The number of hydrogen-bond donors (Lipinski definition) is 0. The second kappa shape index (κ2) is 3.47. The van der Waals surface area contributed by atoms with Crippen molar-refractivity contribution in [1.82, 2.24) is 0 Å². The van der Waals surface area contributed by atoms with E-state index in [0.717, 1.165) is 0 Å². The van der Waals surface area contributed by atoms with Crippen LogP contribution >= 0.6 is 23.4 Å². The fourth-order valence-corrected chi connectivity index (χ4v) is 2.35. The number of carbonyl (C=O) groups is 1. The van der Waals surface area contributed by atoms with Crippen LogP contribution in [0.5, 0.6) is 0 Å². The molecule has 9 heavy (non-hydrogen) atoms. The van der Waals surface area contributed by atoms with Crippen LogP contribution in [-0.4, -0.2) is 9.82 Å². The molecule has 0 aromatic carbocycles. The highest BCUT2D eigenvalue weighted by Crippen LogP contribution is 2.30. The standard InChI is InChI=1S/C6H9ClOS/c7-6(8)9-5-3-1-2-4-5/h5H,1-4H2. The van der Waals surface area contributed by atoms with Gasteiger partial charge in [-0.3, -0.25) is 4.79 Å². The van der Waals surface area contributed by atoms with E-state index < -0.39 is 0 Å². The summed E-state index contributed by atoms with van der Waals surface area (Å²) in [4.78, 5) is 10.3. The van der Waals surface area contributed by atoms with Gasteiger partial charge in [-0.1, -0.05) is 24.6 Å². The summed E-state index contributed by atoms with van der Waals surface area (Å²) in [5.74, 6) is 0. The SMILES string of the molecule is O=C(Cl)SC1CCCC1.